The Kier molecular flexibility index (Phi) is 3.57. The van der Waals surface area contributed by atoms with Crippen LogP contribution >= 0.6 is 0 Å². The number of imide groups is 1. The lowest BCUT2D eigenvalue weighted by atomic mass is 10.00. The van der Waals surface area contributed by atoms with Gasteiger partial charge in [0.25, 0.3) is 0 Å². The lowest BCUT2D eigenvalue weighted by Gasteiger charge is -2.36. The van der Waals surface area contributed by atoms with Crippen LogP contribution in [0.4, 0.5) is 0 Å². The first kappa shape index (κ1) is 13.5. The van der Waals surface area contributed by atoms with Crippen LogP contribution in [0.2, 0.25) is 0 Å². The van der Waals surface area contributed by atoms with Gasteiger partial charge in [0, 0.05) is 5.56 Å². The van der Waals surface area contributed by atoms with Crippen molar-refractivity contribution in [2.75, 3.05) is 13.7 Å². The fraction of sp³-hybridized carbons (Fsp3) is 0.429. The molecule has 0 spiro atoms. The molecule has 19 heavy (non-hydrogen) atoms. The number of benzene rings is 1. The summed E-state index contributed by atoms with van der Waals surface area (Å²) in [6.07, 6.45) is 0. The van der Waals surface area contributed by atoms with Crippen molar-refractivity contribution in [3.63, 3.8) is 0 Å². The first-order valence-corrected chi connectivity index (χ1v) is 6.17. The number of carbonyl (C=O) groups excluding carboxylic acids is 2. The Bertz CT molecular complexity index is 511. The van der Waals surface area contributed by atoms with Crippen LogP contribution in [0.25, 0.3) is 0 Å². The molecule has 1 aromatic carbocycles. The fourth-order valence-corrected chi connectivity index (χ4v) is 2.08. The maximum atomic E-state index is 12.3. The topological polar surface area (TPSA) is 58.6 Å². The Morgan fingerprint density at radius 3 is 2.68 bits per heavy atom. The average Bonchev–Trinajstić information content (AvgIpc) is 2.40. The van der Waals surface area contributed by atoms with E-state index in [9.17, 15) is 9.59 Å². The molecule has 0 aliphatic carbocycles. The molecule has 1 N–H and O–H groups in total. The largest absolute Gasteiger partial charge is 0.496 e. The van der Waals surface area contributed by atoms with Crippen molar-refractivity contribution in [2.24, 2.45) is 0 Å². The third kappa shape index (κ3) is 2.61. The molecule has 0 atom stereocenters. The monoisotopic (exact) mass is 262 g/mol. The minimum atomic E-state index is -0.712. The van der Waals surface area contributed by atoms with Crippen LogP contribution in [0.5, 0.6) is 5.75 Å². The summed E-state index contributed by atoms with van der Waals surface area (Å²) in [5.41, 5.74) is 0.111. The molecular formula is C14H18N2O3. The Morgan fingerprint density at radius 2 is 2.00 bits per heavy atom. The van der Waals surface area contributed by atoms with Crippen molar-refractivity contribution in [3.05, 3.63) is 29.8 Å². The van der Waals surface area contributed by atoms with E-state index < -0.39 is 5.54 Å². The number of amides is 2. The fourth-order valence-electron chi connectivity index (χ4n) is 2.08. The highest BCUT2D eigenvalue weighted by molar-refractivity contribution is 6.03. The Balaban J connectivity index is 2.26. The van der Waals surface area contributed by atoms with Gasteiger partial charge in [-0.1, -0.05) is 18.2 Å². The maximum Gasteiger partial charge on any atom is 0.249 e. The van der Waals surface area contributed by atoms with Gasteiger partial charge in [-0.2, -0.15) is 0 Å². The summed E-state index contributed by atoms with van der Waals surface area (Å²) in [5.74, 6) is 0.254. The highest BCUT2D eigenvalue weighted by Gasteiger charge is 2.39. The van der Waals surface area contributed by atoms with Crippen LogP contribution in [0, 0.1) is 0 Å². The van der Waals surface area contributed by atoms with E-state index in [0.717, 1.165) is 5.56 Å². The van der Waals surface area contributed by atoms with E-state index >= 15 is 0 Å². The number of carbonyl (C=O) groups is 2. The van der Waals surface area contributed by atoms with Crippen LogP contribution in [0.3, 0.4) is 0 Å². The third-order valence-corrected chi connectivity index (χ3v) is 3.28. The summed E-state index contributed by atoms with van der Waals surface area (Å²) in [6, 6.07) is 7.39. The van der Waals surface area contributed by atoms with Crippen LogP contribution in [0.15, 0.2) is 24.3 Å². The number of para-hydroxylation sites is 1. The highest BCUT2D eigenvalue weighted by atomic mass is 16.5. The van der Waals surface area contributed by atoms with Crippen LogP contribution in [0.1, 0.15) is 19.4 Å². The van der Waals surface area contributed by atoms with Gasteiger partial charge in [-0.3, -0.25) is 19.8 Å². The number of rotatable bonds is 3. The molecule has 1 aliphatic rings. The summed E-state index contributed by atoms with van der Waals surface area (Å²) in [5, 5.41) is 2.93. The van der Waals surface area contributed by atoms with E-state index in [1.54, 1.807) is 21.0 Å². The van der Waals surface area contributed by atoms with Gasteiger partial charge in [-0.15, -0.1) is 0 Å². The zero-order valence-corrected chi connectivity index (χ0v) is 11.4. The summed E-state index contributed by atoms with van der Waals surface area (Å²) >= 11 is 0. The van der Waals surface area contributed by atoms with Crippen LogP contribution in [-0.4, -0.2) is 35.9 Å². The molecule has 1 saturated heterocycles. The molecule has 5 heteroatoms. The van der Waals surface area contributed by atoms with Gasteiger partial charge in [0.2, 0.25) is 11.8 Å². The Hall–Kier alpha value is -1.88. The lowest BCUT2D eigenvalue weighted by Crippen LogP contribution is -2.63. The predicted octanol–water partition coefficient (Wildman–Crippen LogP) is 0.932. The summed E-state index contributed by atoms with van der Waals surface area (Å²) < 4.78 is 5.24. The van der Waals surface area contributed by atoms with Crippen molar-refractivity contribution in [2.45, 2.75) is 25.9 Å². The SMILES string of the molecule is COc1ccccc1CN1C(=O)CNC(C)(C)C1=O. The quantitative estimate of drug-likeness (QED) is 0.823. The van der Waals surface area contributed by atoms with Crippen molar-refractivity contribution < 1.29 is 14.3 Å². The summed E-state index contributed by atoms with van der Waals surface area (Å²) in [6.45, 7) is 3.97. The second-order valence-corrected chi connectivity index (χ2v) is 5.08. The predicted molar refractivity (Wildman–Crippen MR) is 70.6 cm³/mol. The molecule has 1 aliphatic heterocycles. The number of piperazine rings is 1. The van der Waals surface area contributed by atoms with E-state index in [4.69, 9.17) is 4.74 Å². The molecule has 0 saturated carbocycles. The number of hydrogen-bond acceptors (Lipinski definition) is 4. The summed E-state index contributed by atoms with van der Waals surface area (Å²) in [4.78, 5) is 25.4. The third-order valence-electron chi connectivity index (χ3n) is 3.28. The second kappa shape index (κ2) is 5.01. The number of hydrogen-bond donors (Lipinski definition) is 1. The van der Waals surface area contributed by atoms with E-state index in [2.05, 4.69) is 5.32 Å². The van der Waals surface area contributed by atoms with E-state index in [1.807, 2.05) is 24.3 Å². The second-order valence-electron chi connectivity index (χ2n) is 5.08. The van der Waals surface area contributed by atoms with Gasteiger partial charge in [0.15, 0.2) is 0 Å². The van der Waals surface area contributed by atoms with E-state index in [1.165, 1.54) is 4.90 Å². The molecule has 5 nitrogen and oxygen atoms in total. The van der Waals surface area contributed by atoms with Crippen LogP contribution < -0.4 is 10.1 Å². The van der Waals surface area contributed by atoms with Gasteiger partial charge in [-0.25, -0.2) is 0 Å². The first-order valence-electron chi connectivity index (χ1n) is 6.17. The van der Waals surface area contributed by atoms with Gasteiger partial charge in [0.05, 0.1) is 25.7 Å². The summed E-state index contributed by atoms with van der Waals surface area (Å²) in [7, 11) is 1.57. The molecule has 2 amide bonds. The molecule has 1 fully saturated rings. The smallest absolute Gasteiger partial charge is 0.249 e. The molecule has 102 valence electrons. The Morgan fingerprint density at radius 1 is 1.32 bits per heavy atom. The standard InChI is InChI=1S/C14H18N2O3/c1-14(2)13(18)16(12(17)8-15-14)9-10-6-4-5-7-11(10)19-3/h4-7,15H,8-9H2,1-3H3. The Labute approximate surface area is 112 Å². The average molecular weight is 262 g/mol. The minimum Gasteiger partial charge on any atom is -0.496 e. The number of nitrogens with one attached hydrogen (secondary N) is 1. The molecule has 0 radical (unpaired) electrons. The molecule has 0 bridgehead atoms. The van der Waals surface area contributed by atoms with Gasteiger partial charge >= 0.3 is 0 Å². The van der Waals surface area contributed by atoms with E-state index in [-0.39, 0.29) is 24.9 Å². The van der Waals surface area contributed by atoms with Gasteiger partial charge in [-0.05, 0) is 19.9 Å². The lowest BCUT2D eigenvalue weighted by molar-refractivity contribution is -0.153. The van der Waals surface area contributed by atoms with Gasteiger partial charge in [0.1, 0.15) is 5.75 Å². The molecule has 1 aromatic rings. The zero-order chi connectivity index (χ0) is 14.0. The number of ether oxygens (including phenoxy) is 1. The molecule has 0 aromatic heterocycles. The molecule has 1 heterocycles. The first-order chi connectivity index (χ1) is 8.95. The zero-order valence-electron chi connectivity index (χ0n) is 11.4. The molecule has 2 rings (SSSR count). The normalized spacial score (nSPS) is 18.6. The van der Waals surface area contributed by atoms with Gasteiger partial charge < -0.3 is 4.74 Å². The number of nitrogens with zero attached hydrogens (tertiary/aromatic N) is 1. The molecular weight excluding hydrogens is 244 g/mol. The van der Waals surface area contributed by atoms with Crippen molar-refractivity contribution in [3.8, 4) is 5.75 Å². The molecule has 0 unspecified atom stereocenters. The minimum absolute atomic E-state index is 0.174. The highest BCUT2D eigenvalue weighted by Crippen LogP contribution is 2.22. The van der Waals surface area contributed by atoms with Crippen molar-refractivity contribution in [1.29, 1.82) is 0 Å². The van der Waals surface area contributed by atoms with Crippen molar-refractivity contribution >= 4 is 11.8 Å². The maximum absolute atomic E-state index is 12.3. The van der Waals surface area contributed by atoms with E-state index in [0.29, 0.717) is 5.75 Å². The van der Waals surface area contributed by atoms with Crippen molar-refractivity contribution in [1.82, 2.24) is 10.2 Å². The van der Waals surface area contributed by atoms with Crippen LogP contribution in [-0.2, 0) is 16.1 Å². The number of methoxy groups -OCH3 is 1.